The minimum absolute atomic E-state index is 0.262. The van der Waals surface area contributed by atoms with Crippen molar-refractivity contribution in [3.63, 3.8) is 0 Å². The van der Waals surface area contributed by atoms with E-state index in [2.05, 4.69) is 26.0 Å². The molecule has 0 unspecified atom stereocenters. The Morgan fingerprint density at radius 1 is 1.50 bits per heavy atom. The number of aryl methyl sites for hydroxylation is 1. The van der Waals surface area contributed by atoms with E-state index in [0.717, 1.165) is 4.47 Å². The lowest BCUT2D eigenvalue weighted by molar-refractivity contribution is 0.412. The fourth-order valence-corrected chi connectivity index (χ4v) is 1.79. The summed E-state index contributed by atoms with van der Waals surface area (Å²) in [5.74, 6) is 1.23. The lowest BCUT2D eigenvalue weighted by Crippen LogP contribution is -2.15. The predicted octanol–water partition coefficient (Wildman–Crippen LogP) is 1.64. The number of halogens is 1. The van der Waals surface area contributed by atoms with Crippen LogP contribution in [0.25, 0.3) is 5.69 Å². The van der Waals surface area contributed by atoms with Crippen LogP contribution in [0.2, 0.25) is 0 Å². The Kier molecular flexibility index (Phi) is 2.82. The molecule has 0 aliphatic heterocycles. The molecule has 0 atom stereocenters. The van der Waals surface area contributed by atoms with Crippen molar-refractivity contribution in [2.45, 2.75) is 6.92 Å². The number of nitrogens with zero attached hydrogens (tertiary/aromatic N) is 2. The maximum atomic E-state index is 11.5. The van der Waals surface area contributed by atoms with Gasteiger partial charge in [-0.2, -0.15) is 9.78 Å². The molecule has 2 aromatic rings. The van der Waals surface area contributed by atoms with Gasteiger partial charge in [-0.3, -0.25) is 4.98 Å². The van der Waals surface area contributed by atoms with Crippen LogP contribution in [0.1, 0.15) is 5.82 Å². The van der Waals surface area contributed by atoms with Crippen molar-refractivity contribution >= 4 is 15.9 Å². The number of hydrogen-bond acceptors (Lipinski definition) is 3. The quantitative estimate of drug-likeness (QED) is 0.912. The highest BCUT2D eigenvalue weighted by molar-refractivity contribution is 9.10. The molecule has 16 heavy (non-hydrogen) atoms. The van der Waals surface area contributed by atoms with Gasteiger partial charge in [0.25, 0.3) is 0 Å². The van der Waals surface area contributed by atoms with Crippen LogP contribution >= 0.6 is 15.9 Å². The van der Waals surface area contributed by atoms with E-state index in [9.17, 15) is 4.79 Å². The van der Waals surface area contributed by atoms with Crippen molar-refractivity contribution in [2.24, 2.45) is 0 Å². The first-order valence-corrected chi connectivity index (χ1v) is 5.41. The smallest absolute Gasteiger partial charge is 0.348 e. The summed E-state index contributed by atoms with van der Waals surface area (Å²) in [6.45, 7) is 1.73. The molecular formula is C10H10BrN3O2. The third kappa shape index (κ3) is 1.88. The molecule has 0 aliphatic carbocycles. The van der Waals surface area contributed by atoms with Crippen molar-refractivity contribution in [3.8, 4) is 11.4 Å². The van der Waals surface area contributed by atoms with Gasteiger partial charge in [0, 0.05) is 6.07 Å². The molecule has 1 N–H and O–H groups in total. The Morgan fingerprint density at radius 3 is 2.81 bits per heavy atom. The molecule has 0 saturated carbocycles. The van der Waals surface area contributed by atoms with Gasteiger partial charge in [-0.15, -0.1) is 0 Å². The summed E-state index contributed by atoms with van der Waals surface area (Å²) in [6.07, 6.45) is 0. The fraction of sp³-hybridized carbons (Fsp3) is 0.200. The number of hydrogen-bond donors (Lipinski definition) is 1. The average Bonchev–Trinajstić information content (AvgIpc) is 2.59. The number of aromatic nitrogens is 3. The summed E-state index contributed by atoms with van der Waals surface area (Å²) >= 11 is 3.35. The van der Waals surface area contributed by atoms with Gasteiger partial charge < -0.3 is 4.74 Å². The van der Waals surface area contributed by atoms with Gasteiger partial charge in [-0.25, -0.2) is 4.79 Å². The highest BCUT2D eigenvalue weighted by Gasteiger charge is 2.07. The zero-order chi connectivity index (χ0) is 11.7. The minimum atomic E-state index is -0.262. The molecule has 0 spiro atoms. The zero-order valence-corrected chi connectivity index (χ0v) is 10.4. The topological polar surface area (TPSA) is 59.9 Å². The van der Waals surface area contributed by atoms with E-state index in [1.165, 1.54) is 4.68 Å². The molecule has 1 heterocycles. The first-order chi connectivity index (χ1) is 7.61. The molecule has 6 heteroatoms. The summed E-state index contributed by atoms with van der Waals surface area (Å²) < 4.78 is 7.28. The largest absolute Gasteiger partial charge is 0.495 e. The van der Waals surface area contributed by atoms with Crippen molar-refractivity contribution in [3.05, 3.63) is 39.0 Å². The molecule has 1 aromatic carbocycles. The number of nitrogens with one attached hydrogen (secondary N) is 1. The second kappa shape index (κ2) is 4.13. The Hall–Kier alpha value is -1.56. The van der Waals surface area contributed by atoms with E-state index < -0.39 is 0 Å². The van der Waals surface area contributed by atoms with Gasteiger partial charge in [-0.1, -0.05) is 0 Å². The lowest BCUT2D eigenvalue weighted by atomic mass is 10.3. The van der Waals surface area contributed by atoms with Crippen LogP contribution in [0.3, 0.4) is 0 Å². The molecule has 84 valence electrons. The van der Waals surface area contributed by atoms with Crippen molar-refractivity contribution in [1.82, 2.24) is 14.8 Å². The Morgan fingerprint density at radius 2 is 2.25 bits per heavy atom. The molecule has 0 aliphatic rings. The monoisotopic (exact) mass is 283 g/mol. The molecule has 0 radical (unpaired) electrons. The van der Waals surface area contributed by atoms with Gasteiger partial charge in [-0.05, 0) is 35.0 Å². The van der Waals surface area contributed by atoms with Crippen LogP contribution in [-0.2, 0) is 0 Å². The second-order valence-corrected chi connectivity index (χ2v) is 4.10. The van der Waals surface area contributed by atoms with Crippen molar-refractivity contribution in [1.29, 1.82) is 0 Å². The molecule has 1 aromatic heterocycles. The van der Waals surface area contributed by atoms with Gasteiger partial charge in [0.15, 0.2) is 0 Å². The van der Waals surface area contributed by atoms with Crippen molar-refractivity contribution in [2.75, 3.05) is 7.11 Å². The molecule has 0 amide bonds. The van der Waals surface area contributed by atoms with E-state index in [1.807, 2.05) is 6.07 Å². The molecule has 5 nitrogen and oxygen atoms in total. The maximum absolute atomic E-state index is 11.5. The van der Waals surface area contributed by atoms with Crippen LogP contribution in [0.4, 0.5) is 0 Å². The first-order valence-electron chi connectivity index (χ1n) is 4.61. The third-order valence-electron chi connectivity index (χ3n) is 2.11. The number of aromatic amines is 1. The zero-order valence-electron chi connectivity index (χ0n) is 8.82. The molecular weight excluding hydrogens is 274 g/mol. The lowest BCUT2D eigenvalue weighted by Gasteiger charge is -2.05. The standard InChI is InChI=1S/C10H10BrN3O2/c1-6-12-10(15)14(13-6)7-3-4-8(11)9(5-7)16-2/h3-5H,1-2H3,(H,12,13,15). The molecule has 0 fully saturated rings. The summed E-state index contributed by atoms with van der Waals surface area (Å²) in [7, 11) is 1.57. The number of methoxy groups -OCH3 is 1. The predicted molar refractivity (Wildman–Crippen MR) is 63.2 cm³/mol. The first kappa shape index (κ1) is 10.9. The Bertz CT molecular complexity index is 574. The maximum Gasteiger partial charge on any atom is 0.348 e. The fourth-order valence-electron chi connectivity index (χ4n) is 1.38. The van der Waals surface area contributed by atoms with Gasteiger partial charge in [0.1, 0.15) is 11.6 Å². The Balaban J connectivity index is 2.56. The number of H-pyrrole nitrogens is 1. The van der Waals surface area contributed by atoms with Gasteiger partial charge in [0.05, 0.1) is 17.3 Å². The van der Waals surface area contributed by atoms with Crippen LogP contribution in [0.15, 0.2) is 27.5 Å². The van der Waals surface area contributed by atoms with Crippen LogP contribution < -0.4 is 10.4 Å². The van der Waals surface area contributed by atoms with E-state index >= 15 is 0 Å². The van der Waals surface area contributed by atoms with Gasteiger partial charge in [0.2, 0.25) is 0 Å². The molecule has 0 bridgehead atoms. The number of ether oxygens (including phenoxy) is 1. The average molecular weight is 284 g/mol. The van der Waals surface area contributed by atoms with Gasteiger partial charge >= 0.3 is 5.69 Å². The van der Waals surface area contributed by atoms with Crippen LogP contribution in [0.5, 0.6) is 5.75 Å². The van der Waals surface area contributed by atoms with Crippen LogP contribution in [0, 0.1) is 6.92 Å². The number of benzene rings is 1. The minimum Gasteiger partial charge on any atom is -0.495 e. The van der Waals surface area contributed by atoms with E-state index in [1.54, 1.807) is 26.2 Å². The normalized spacial score (nSPS) is 10.4. The van der Waals surface area contributed by atoms with Crippen LogP contribution in [-0.4, -0.2) is 21.9 Å². The second-order valence-electron chi connectivity index (χ2n) is 3.25. The molecule has 0 saturated heterocycles. The Labute approximate surface area is 100 Å². The number of rotatable bonds is 2. The SMILES string of the molecule is COc1cc(-n2nc(C)[nH]c2=O)ccc1Br. The highest BCUT2D eigenvalue weighted by atomic mass is 79.9. The summed E-state index contributed by atoms with van der Waals surface area (Å²) in [5.41, 5.74) is 0.399. The van der Waals surface area contributed by atoms with E-state index in [0.29, 0.717) is 17.3 Å². The highest BCUT2D eigenvalue weighted by Crippen LogP contribution is 2.26. The third-order valence-corrected chi connectivity index (χ3v) is 2.76. The molecule has 2 rings (SSSR count). The summed E-state index contributed by atoms with van der Waals surface area (Å²) in [6, 6.07) is 5.34. The van der Waals surface area contributed by atoms with E-state index in [-0.39, 0.29) is 5.69 Å². The summed E-state index contributed by atoms with van der Waals surface area (Å²) in [5, 5.41) is 4.06. The van der Waals surface area contributed by atoms with Crippen molar-refractivity contribution < 1.29 is 4.74 Å². The van der Waals surface area contributed by atoms with E-state index in [4.69, 9.17) is 4.74 Å². The summed E-state index contributed by atoms with van der Waals surface area (Å²) in [4.78, 5) is 14.1.